The predicted molar refractivity (Wildman–Crippen MR) is 43.6 cm³/mol. The Balaban J connectivity index is 3.26. The van der Waals surface area contributed by atoms with Crippen LogP contribution in [0.25, 0.3) is 0 Å². The van der Waals surface area contributed by atoms with E-state index in [0.717, 1.165) is 0 Å². The number of hydrogen-bond donors (Lipinski definition) is 1. The quantitative estimate of drug-likeness (QED) is 0.736. The third-order valence-corrected chi connectivity index (χ3v) is 1.56. The lowest BCUT2D eigenvalue weighted by atomic mass is 10.2. The van der Waals surface area contributed by atoms with Gasteiger partial charge in [-0.2, -0.15) is 5.26 Å². The maximum absolute atomic E-state index is 10.5. The topological polar surface area (TPSA) is 74.0 Å². The highest BCUT2D eigenvalue weighted by molar-refractivity contribution is 9.10. The van der Waals surface area contributed by atoms with Crippen LogP contribution in [-0.2, 0) is 0 Å². The minimum absolute atomic E-state index is 0.0495. The van der Waals surface area contributed by atoms with Gasteiger partial charge in [0.05, 0.1) is 5.56 Å². The Morgan fingerprint density at radius 3 is 2.83 bits per heavy atom. The smallest absolute Gasteiger partial charge is 0.335 e. The van der Waals surface area contributed by atoms with E-state index in [0.29, 0.717) is 4.60 Å². The number of nitriles is 1. The largest absolute Gasteiger partial charge is 0.478 e. The number of rotatable bonds is 1. The summed E-state index contributed by atoms with van der Waals surface area (Å²) in [6.45, 7) is 0. The van der Waals surface area contributed by atoms with Crippen molar-refractivity contribution in [2.75, 3.05) is 0 Å². The van der Waals surface area contributed by atoms with E-state index in [-0.39, 0.29) is 11.3 Å². The molecule has 0 amide bonds. The van der Waals surface area contributed by atoms with E-state index < -0.39 is 5.97 Å². The van der Waals surface area contributed by atoms with E-state index in [9.17, 15) is 4.79 Å². The second kappa shape index (κ2) is 3.32. The van der Waals surface area contributed by atoms with Crippen molar-refractivity contribution in [3.63, 3.8) is 0 Å². The Hall–Kier alpha value is -1.41. The van der Waals surface area contributed by atoms with Gasteiger partial charge in [-0.05, 0) is 28.1 Å². The van der Waals surface area contributed by atoms with Gasteiger partial charge in [0.25, 0.3) is 0 Å². The minimum atomic E-state index is -1.07. The van der Waals surface area contributed by atoms with Crippen LogP contribution in [-0.4, -0.2) is 16.1 Å². The molecule has 0 aliphatic rings. The van der Waals surface area contributed by atoms with Gasteiger partial charge < -0.3 is 5.11 Å². The molecule has 0 aromatic carbocycles. The predicted octanol–water partition coefficient (Wildman–Crippen LogP) is 1.41. The molecule has 0 aliphatic heterocycles. The zero-order valence-corrected chi connectivity index (χ0v) is 7.37. The first-order valence-electron chi connectivity index (χ1n) is 2.94. The minimum Gasteiger partial charge on any atom is -0.478 e. The first kappa shape index (κ1) is 8.68. The maximum atomic E-state index is 10.5. The fourth-order valence-corrected chi connectivity index (χ4v) is 1.12. The van der Waals surface area contributed by atoms with Crippen molar-refractivity contribution >= 4 is 21.9 Å². The summed E-state index contributed by atoms with van der Waals surface area (Å²) in [6.07, 6.45) is 0. The van der Waals surface area contributed by atoms with Gasteiger partial charge in [-0.25, -0.2) is 9.78 Å². The monoisotopic (exact) mass is 226 g/mol. The Morgan fingerprint density at radius 2 is 2.33 bits per heavy atom. The Bertz CT molecular complexity index is 370. The van der Waals surface area contributed by atoms with Crippen molar-refractivity contribution < 1.29 is 9.90 Å². The van der Waals surface area contributed by atoms with Crippen molar-refractivity contribution in [2.45, 2.75) is 0 Å². The first-order chi connectivity index (χ1) is 5.63. The van der Waals surface area contributed by atoms with Crippen molar-refractivity contribution in [1.82, 2.24) is 4.98 Å². The van der Waals surface area contributed by atoms with E-state index in [4.69, 9.17) is 10.4 Å². The molecule has 0 fully saturated rings. The molecule has 0 spiro atoms. The molecular weight excluding hydrogens is 224 g/mol. The average molecular weight is 227 g/mol. The van der Waals surface area contributed by atoms with Crippen molar-refractivity contribution in [3.8, 4) is 6.07 Å². The fraction of sp³-hybridized carbons (Fsp3) is 0. The molecule has 1 N–H and O–H groups in total. The summed E-state index contributed by atoms with van der Waals surface area (Å²) >= 11 is 3.00. The summed E-state index contributed by atoms with van der Waals surface area (Å²) in [5.74, 6) is -1.07. The Kier molecular flexibility index (Phi) is 2.41. The molecular formula is C7H3BrN2O2. The molecule has 1 heterocycles. The zero-order valence-electron chi connectivity index (χ0n) is 5.78. The number of aromatic nitrogens is 1. The number of hydrogen-bond acceptors (Lipinski definition) is 3. The van der Waals surface area contributed by atoms with Gasteiger partial charge in [-0.3, -0.25) is 0 Å². The number of aromatic carboxylic acids is 1. The molecule has 5 heteroatoms. The standard InChI is InChI=1S/C7H3BrN2O2/c8-6-2-4(7(11)12)1-5(3-9)10-6/h1-2H,(H,11,12). The first-order valence-corrected chi connectivity index (χ1v) is 3.74. The SMILES string of the molecule is N#Cc1cc(C(=O)O)cc(Br)n1. The van der Waals surface area contributed by atoms with Gasteiger partial charge >= 0.3 is 5.97 Å². The molecule has 0 saturated carbocycles. The fourth-order valence-electron chi connectivity index (χ4n) is 0.678. The lowest BCUT2D eigenvalue weighted by Crippen LogP contribution is -1.98. The summed E-state index contributed by atoms with van der Waals surface area (Å²) < 4.78 is 0.346. The van der Waals surface area contributed by atoms with Crippen LogP contribution in [0.5, 0.6) is 0 Å². The highest BCUT2D eigenvalue weighted by Crippen LogP contribution is 2.10. The maximum Gasteiger partial charge on any atom is 0.335 e. The van der Waals surface area contributed by atoms with Gasteiger partial charge in [0.1, 0.15) is 16.4 Å². The number of pyridine rings is 1. The summed E-state index contributed by atoms with van der Waals surface area (Å²) in [5.41, 5.74) is 0.134. The number of nitrogens with zero attached hydrogens (tertiary/aromatic N) is 2. The van der Waals surface area contributed by atoms with Crippen LogP contribution in [0.1, 0.15) is 16.1 Å². The number of carboxylic acids is 1. The number of carboxylic acid groups (broad SMARTS) is 1. The molecule has 0 unspecified atom stereocenters. The van der Waals surface area contributed by atoms with E-state index >= 15 is 0 Å². The van der Waals surface area contributed by atoms with Crippen LogP contribution in [0.2, 0.25) is 0 Å². The van der Waals surface area contributed by atoms with Crippen LogP contribution in [0, 0.1) is 11.3 Å². The normalized spacial score (nSPS) is 9.00. The van der Waals surface area contributed by atoms with Crippen LogP contribution in [0.15, 0.2) is 16.7 Å². The van der Waals surface area contributed by atoms with Gasteiger partial charge in [0.15, 0.2) is 0 Å². The number of halogens is 1. The average Bonchev–Trinajstić information content (AvgIpc) is 2.03. The molecule has 0 saturated heterocycles. The Labute approximate surface area is 76.6 Å². The molecule has 0 aliphatic carbocycles. The van der Waals surface area contributed by atoms with Crippen molar-refractivity contribution in [1.29, 1.82) is 5.26 Å². The molecule has 0 bridgehead atoms. The van der Waals surface area contributed by atoms with Crippen LogP contribution in [0.3, 0.4) is 0 Å². The molecule has 0 atom stereocenters. The molecule has 1 aromatic rings. The molecule has 60 valence electrons. The molecule has 0 radical (unpaired) electrons. The number of carbonyl (C=O) groups is 1. The lowest BCUT2D eigenvalue weighted by Gasteiger charge is -1.95. The van der Waals surface area contributed by atoms with Crippen LogP contribution >= 0.6 is 15.9 Å². The van der Waals surface area contributed by atoms with Crippen LogP contribution < -0.4 is 0 Å². The molecule has 12 heavy (non-hydrogen) atoms. The van der Waals surface area contributed by atoms with Gasteiger partial charge in [-0.15, -0.1) is 0 Å². The molecule has 1 rings (SSSR count). The second-order valence-corrected chi connectivity index (χ2v) is 2.79. The summed E-state index contributed by atoms with van der Waals surface area (Å²) in [6, 6.07) is 4.31. The highest BCUT2D eigenvalue weighted by Gasteiger charge is 2.06. The van der Waals surface area contributed by atoms with Gasteiger partial charge in [0.2, 0.25) is 0 Å². The molecule has 1 aromatic heterocycles. The van der Waals surface area contributed by atoms with E-state index in [1.165, 1.54) is 12.1 Å². The van der Waals surface area contributed by atoms with E-state index in [2.05, 4.69) is 20.9 Å². The highest BCUT2D eigenvalue weighted by atomic mass is 79.9. The van der Waals surface area contributed by atoms with Gasteiger partial charge in [0, 0.05) is 0 Å². The van der Waals surface area contributed by atoms with E-state index in [1.807, 2.05) is 0 Å². The molecule has 4 nitrogen and oxygen atoms in total. The third-order valence-electron chi connectivity index (χ3n) is 1.16. The van der Waals surface area contributed by atoms with Crippen LogP contribution in [0.4, 0.5) is 0 Å². The van der Waals surface area contributed by atoms with Crippen molar-refractivity contribution in [3.05, 3.63) is 28.0 Å². The third kappa shape index (κ3) is 1.80. The van der Waals surface area contributed by atoms with Crippen molar-refractivity contribution in [2.24, 2.45) is 0 Å². The summed E-state index contributed by atoms with van der Waals surface area (Å²) in [7, 11) is 0. The Morgan fingerprint density at radius 1 is 1.67 bits per heavy atom. The lowest BCUT2D eigenvalue weighted by molar-refractivity contribution is 0.0696. The zero-order chi connectivity index (χ0) is 9.14. The summed E-state index contributed by atoms with van der Waals surface area (Å²) in [5, 5.41) is 17.0. The van der Waals surface area contributed by atoms with E-state index in [1.54, 1.807) is 6.07 Å². The summed E-state index contributed by atoms with van der Waals surface area (Å²) in [4.78, 5) is 14.2. The van der Waals surface area contributed by atoms with Gasteiger partial charge in [-0.1, -0.05) is 0 Å². The second-order valence-electron chi connectivity index (χ2n) is 1.98.